The number of rotatable bonds is 6. The lowest BCUT2D eigenvalue weighted by molar-refractivity contribution is -0.123. The molecule has 1 atom stereocenters. The highest BCUT2D eigenvalue weighted by atomic mass is 35.5. The van der Waals surface area contributed by atoms with E-state index in [1.54, 1.807) is 31.2 Å². The fraction of sp³-hybridized carbons (Fsp3) is 0.467. The molecule has 22 heavy (non-hydrogen) atoms. The molecule has 1 fully saturated rings. The maximum absolute atomic E-state index is 12.1. The summed E-state index contributed by atoms with van der Waals surface area (Å²) < 4.78 is 4.33. The molecule has 0 aromatic heterocycles. The molecular formula is C15H18Cl2N2O3. The van der Waals surface area contributed by atoms with Crippen LogP contribution in [-0.2, 0) is 9.59 Å². The first kappa shape index (κ1) is 16.9. The van der Waals surface area contributed by atoms with E-state index in [1.807, 2.05) is 6.92 Å². The third kappa shape index (κ3) is 3.65. The maximum Gasteiger partial charge on any atom is 0.257 e. The second-order valence-electron chi connectivity index (χ2n) is 5.43. The van der Waals surface area contributed by atoms with Crippen LogP contribution in [0.2, 0.25) is 0 Å². The number of likely N-dealkylation sites (N-methyl/N-ethyl adjacent to an activating group) is 1. The van der Waals surface area contributed by atoms with E-state index in [0.29, 0.717) is 24.4 Å². The molecule has 0 heterocycles. The maximum atomic E-state index is 12.1. The Labute approximate surface area is 139 Å². The number of benzene rings is 1. The lowest BCUT2D eigenvalue weighted by Crippen LogP contribution is -2.28. The van der Waals surface area contributed by atoms with Crippen LogP contribution in [0.4, 0.5) is 5.69 Å². The Kier molecular flexibility index (Phi) is 4.87. The van der Waals surface area contributed by atoms with Gasteiger partial charge in [0, 0.05) is 12.2 Å². The van der Waals surface area contributed by atoms with E-state index in [2.05, 4.69) is 10.6 Å². The zero-order valence-corrected chi connectivity index (χ0v) is 13.9. The minimum Gasteiger partial charge on any atom is -0.484 e. The number of amides is 2. The monoisotopic (exact) mass is 344 g/mol. The first-order valence-corrected chi connectivity index (χ1v) is 7.73. The third-order valence-electron chi connectivity index (χ3n) is 3.62. The molecule has 0 saturated heterocycles. The fourth-order valence-corrected chi connectivity index (χ4v) is 2.65. The quantitative estimate of drug-likeness (QED) is 0.779. The molecule has 1 aromatic carbocycles. The predicted molar refractivity (Wildman–Crippen MR) is 86.4 cm³/mol. The van der Waals surface area contributed by atoms with E-state index in [-0.39, 0.29) is 18.4 Å². The Bertz CT molecular complexity index is 575. The summed E-state index contributed by atoms with van der Waals surface area (Å²) in [6, 6.07) is 6.75. The standard InChI is InChI=1S/C15H18Cl2N2O3/c1-3-18-12(20)8-22-11-6-4-10(5-7-11)19-13(21)14(2)9-15(14,16)17/h4-7H,3,8-9H2,1-2H3,(H,18,20)(H,19,21). The number of hydrogen-bond donors (Lipinski definition) is 2. The van der Waals surface area contributed by atoms with Crippen molar-refractivity contribution in [2.24, 2.45) is 5.41 Å². The van der Waals surface area contributed by atoms with Crippen LogP contribution in [0.1, 0.15) is 20.3 Å². The second kappa shape index (κ2) is 6.34. The average molecular weight is 345 g/mol. The van der Waals surface area contributed by atoms with Crippen molar-refractivity contribution >= 4 is 40.7 Å². The van der Waals surface area contributed by atoms with Gasteiger partial charge < -0.3 is 15.4 Å². The molecule has 2 rings (SSSR count). The first-order valence-electron chi connectivity index (χ1n) is 6.97. The predicted octanol–water partition coefficient (Wildman–Crippen LogP) is 2.72. The molecular weight excluding hydrogens is 327 g/mol. The number of carbonyl (C=O) groups excluding carboxylic acids is 2. The van der Waals surface area contributed by atoms with Crippen molar-refractivity contribution in [3.8, 4) is 5.75 Å². The molecule has 1 aliphatic carbocycles. The second-order valence-corrected chi connectivity index (χ2v) is 6.92. The number of alkyl halides is 2. The van der Waals surface area contributed by atoms with Gasteiger partial charge in [0.2, 0.25) is 5.91 Å². The molecule has 2 N–H and O–H groups in total. The van der Waals surface area contributed by atoms with Crippen molar-refractivity contribution in [2.75, 3.05) is 18.5 Å². The molecule has 2 amide bonds. The zero-order chi connectivity index (χ0) is 16.4. The molecule has 1 aromatic rings. The smallest absolute Gasteiger partial charge is 0.257 e. The van der Waals surface area contributed by atoms with Crippen LogP contribution in [0.15, 0.2) is 24.3 Å². The Morgan fingerprint density at radius 1 is 1.27 bits per heavy atom. The molecule has 0 aliphatic heterocycles. The van der Waals surface area contributed by atoms with Gasteiger partial charge in [-0.15, -0.1) is 23.2 Å². The van der Waals surface area contributed by atoms with E-state index in [4.69, 9.17) is 27.9 Å². The van der Waals surface area contributed by atoms with Gasteiger partial charge in [0.1, 0.15) is 10.1 Å². The van der Waals surface area contributed by atoms with Crippen LogP contribution in [0.3, 0.4) is 0 Å². The van der Waals surface area contributed by atoms with Crippen molar-refractivity contribution in [2.45, 2.75) is 24.6 Å². The zero-order valence-electron chi connectivity index (χ0n) is 12.4. The fourth-order valence-electron chi connectivity index (χ4n) is 1.95. The molecule has 7 heteroatoms. The first-order chi connectivity index (χ1) is 10.3. The minimum atomic E-state index is -0.993. The number of anilines is 1. The van der Waals surface area contributed by atoms with Gasteiger partial charge in [0.25, 0.3) is 5.91 Å². The number of nitrogens with one attached hydrogen (secondary N) is 2. The number of halogens is 2. The summed E-state index contributed by atoms with van der Waals surface area (Å²) in [5.74, 6) is 0.154. The van der Waals surface area contributed by atoms with E-state index in [9.17, 15) is 9.59 Å². The van der Waals surface area contributed by atoms with Crippen molar-refractivity contribution in [3.05, 3.63) is 24.3 Å². The molecule has 120 valence electrons. The summed E-state index contributed by atoms with van der Waals surface area (Å²) >= 11 is 12.0. The molecule has 1 aliphatic rings. The Hall–Kier alpha value is -1.46. The van der Waals surface area contributed by atoms with Gasteiger partial charge in [0.15, 0.2) is 6.61 Å². The van der Waals surface area contributed by atoms with Gasteiger partial charge in [-0.25, -0.2) is 0 Å². The van der Waals surface area contributed by atoms with E-state index in [1.165, 1.54) is 0 Å². The summed E-state index contributed by atoms with van der Waals surface area (Å²) in [7, 11) is 0. The molecule has 0 bridgehead atoms. The van der Waals surface area contributed by atoms with Crippen molar-refractivity contribution in [1.29, 1.82) is 0 Å². The van der Waals surface area contributed by atoms with Crippen LogP contribution >= 0.6 is 23.2 Å². The van der Waals surface area contributed by atoms with Gasteiger partial charge in [-0.2, -0.15) is 0 Å². The highest BCUT2D eigenvalue weighted by molar-refractivity contribution is 6.53. The molecule has 1 saturated carbocycles. The summed E-state index contributed by atoms with van der Waals surface area (Å²) in [5, 5.41) is 5.41. The van der Waals surface area contributed by atoms with Gasteiger partial charge in [-0.3, -0.25) is 9.59 Å². The SMILES string of the molecule is CCNC(=O)COc1ccc(NC(=O)C2(C)CC2(Cl)Cl)cc1. The Balaban J connectivity index is 1.87. The van der Waals surface area contributed by atoms with Crippen molar-refractivity contribution in [1.82, 2.24) is 5.32 Å². The van der Waals surface area contributed by atoms with E-state index >= 15 is 0 Å². The third-order valence-corrected chi connectivity index (χ3v) is 4.72. The summed E-state index contributed by atoms with van der Waals surface area (Å²) in [6.07, 6.45) is 0.433. The molecule has 0 spiro atoms. The average Bonchev–Trinajstić information content (AvgIpc) is 2.99. The van der Waals surface area contributed by atoms with Gasteiger partial charge in [0.05, 0.1) is 5.41 Å². The van der Waals surface area contributed by atoms with Crippen LogP contribution < -0.4 is 15.4 Å². The van der Waals surface area contributed by atoms with Crippen LogP contribution in [-0.4, -0.2) is 29.3 Å². The minimum absolute atomic E-state index is 0.0430. The number of carbonyl (C=O) groups is 2. The lowest BCUT2D eigenvalue weighted by atomic mass is 10.1. The van der Waals surface area contributed by atoms with Crippen LogP contribution in [0.5, 0.6) is 5.75 Å². The van der Waals surface area contributed by atoms with Gasteiger partial charge in [-0.1, -0.05) is 0 Å². The highest BCUT2D eigenvalue weighted by Crippen LogP contribution is 2.64. The van der Waals surface area contributed by atoms with Crippen LogP contribution in [0.25, 0.3) is 0 Å². The Morgan fingerprint density at radius 3 is 2.36 bits per heavy atom. The normalized spacial score (nSPS) is 21.8. The van der Waals surface area contributed by atoms with Crippen molar-refractivity contribution in [3.63, 3.8) is 0 Å². The summed E-state index contributed by atoms with van der Waals surface area (Å²) in [5.41, 5.74) is -0.142. The Morgan fingerprint density at radius 2 is 1.86 bits per heavy atom. The topological polar surface area (TPSA) is 67.4 Å². The molecule has 1 unspecified atom stereocenters. The van der Waals surface area contributed by atoms with E-state index in [0.717, 1.165) is 0 Å². The van der Waals surface area contributed by atoms with Crippen LogP contribution in [0, 0.1) is 5.41 Å². The van der Waals surface area contributed by atoms with Gasteiger partial charge >= 0.3 is 0 Å². The van der Waals surface area contributed by atoms with E-state index < -0.39 is 9.75 Å². The summed E-state index contributed by atoms with van der Waals surface area (Å²) in [4.78, 5) is 23.4. The number of ether oxygens (including phenoxy) is 1. The molecule has 5 nitrogen and oxygen atoms in total. The highest BCUT2D eigenvalue weighted by Gasteiger charge is 2.67. The lowest BCUT2D eigenvalue weighted by Gasteiger charge is -2.13. The molecule has 0 radical (unpaired) electrons. The van der Waals surface area contributed by atoms with Crippen molar-refractivity contribution < 1.29 is 14.3 Å². The largest absolute Gasteiger partial charge is 0.484 e. The van der Waals surface area contributed by atoms with Gasteiger partial charge in [-0.05, 0) is 44.5 Å². The summed E-state index contributed by atoms with van der Waals surface area (Å²) in [6.45, 7) is 4.09. The number of hydrogen-bond acceptors (Lipinski definition) is 3.